The first-order valence-corrected chi connectivity index (χ1v) is 9.49. The molecule has 0 aliphatic heterocycles. The molecule has 2 rings (SSSR count). The van der Waals surface area contributed by atoms with Gasteiger partial charge in [0.05, 0.1) is 11.3 Å². The molecule has 0 bridgehead atoms. The highest BCUT2D eigenvalue weighted by Gasteiger charge is 2.18. The SMILES string of the molecule is CCCN(CCC)C(=O)c1ccccc1SCc1c(C)noc1C. The lowest BCUT2D eigenvalue weighted by Gasteiger charge is -2.22. The van der Waals surface area contributed by atoms with E-state index in [9.17, 15) is 4.79 Å². The number of hydrogen-bond donors (Lipinski definition) is 0. The van der Waals surface area contributed by atoms with E-state index in [1.165, 1.54) is 0 Å². The maximum Gasteiger partial charge on any atom is 0.254 e. The van der Waals surface area contributed by atoms with E-state index >= 15 is 0 Å². The number of thioether (sulfide) groups is 1. The lowest BCUT2D eigenvalue weighted by molar-refractivity contribution is 0.0752. The lowest BCUT2D eigenvalue weighted by Crippen LogP contribution is -2.32. The summed E-state index contributed by atoms with van der Waals surface area (Å²) in [5.74, 6) is 1.73. The van der Waals surface area contributed by atoms with Crippen LogP contribution in [-0.2, 0) is 5.75 Å². The number of amides is 1. The van der Waals surface area contributed by atoms with Crippen molar-refractivity contribution in [2.45, 2.75) is 51.2 Å². The van der Waals surface area contributed by atoms with Crippen LogP contribution < -0.4 is 0 Å². The van der Waals surface area contributed by atoms with Crippen molar-refractivity contribution in [2.75, 3.05) is 13.1 Å². The van der Waals surface area contributed by atoms with Crippen LogP contribution in [0.5, 0.6) is 0 Å². The summed E-state index contributed by atoms with van der Waals surface area (Å²) in [6, 6.07) is 7.86. The molecule has 0 unspecified atom stereocenters. The quantitative estimate of drug-likeness (QED) is 0.641. The van der Waals surface area contributed by atoms with Gasteiger partial charge in [-0.05, 0) is 38.8 Å². The van der Waals surface area contributed by atoms with Crippen LogP contribution in [0.3, 0.4) is 0 Å². The number of benzene rings is 1. The third kappa shape index (κ3) is 4.41. The molecule has 0 spiro atoms. The zero-order chi connectivity index (χ0) is 17.5. The average Bonchev–Trinajstić information content (AvgIpc) is 2.91. The minimum Gasteiger partial charge on any atom is -0.361 e. The van der Waals surface area contributed by atoms with E-state index in [2.05, 4.69) is 19.0 Å². The first-order valence-electron chi connectivity index (χ1n) is 8.51. The molecule has 0 atom stereocenters. The largest absolute Gasteiger partial charge is 0.361 e. The topological polar surface area (TPSA) is 46.3 Å². The molecule has 0 N–H and O–H groups in total. The molecule has 0 saturated carbocycles. The lowest BCUT2D eigenvalue weighted by atomic mass is 10.2. The van der Waals surface area contributed by atoms with Gasteiger partial charge in [0.25, 0.3) is 5.91 Å². The molecule has 24 heavy (non-hydrogen) atoms. The Kier molecular flexibility index (Phi) is 6.91. The number of hydrogen-bond acceptors (Lipinski definition) is 4. The van der Waals surface area contributed by atoms with E-state index < -0.39 is 0 Å². The van der Waals surface area contributed by atoms with Crippen LogP contribution in [0.25, 0.3) is 0 Å². The molecule has 0 fully saturated rings. The van der Waals surface area contributed by atoms with Gasteiger partial charge in [0, 0.05) is 29.3 Å². The number of aryl methyl sites for hydroxylation is 2. The molecular weight excluding hydrogens is 320 g/mol. The molecule has 1 aromatic carbocycles. The second-order valence-electron chi connectivity index (χ2n) is 5.88. The Balaban J connectivity index is 2.18. The van der Waals surface area contributed by atoms with Gasteiger partial charge < -0.3 is 9.42 Å². The molecule has 2 aromatic rings. The van der Waals surface area contributed by atoms with E-state index in [1.807, 2.05) is 43.0 Å². The van der Waals surface area contributed by atoms with Crippen LogP contribution >= 0.6 is 11.8 Å². The maximum atomic E-state index is 12.9. The highest BCUT2D eigenvalue weighted by atomic mass is 32.2. The maximum absolute atomic E-state index is 12.9. The molecule has 5 heteroatoms. The fourth-order valence-electron chi connectivity index (χ4n) is 2.65. The van der Waals surface area contributed by atoms with Gasteiger partial charge in [-0.2, -0.15) is 0 Å². The van der Waals surface area contributed by atoms with Crippen LogP contribution in [0.4, 0.5) is 0 Å². The van der Waals surface area contributed by atoms with Gasteiger partial charge in [-0.15, -0.1) is 11.8 Å². The van der Waals surface area contributed by atoms with Crippen molar-refractivity contribution in [3.63, 3.8) is 0 Å². The van der Waals surface area contributed by atoms with Gasteiger partial charge in [0.15, 0.2) is 0 Å². The minimum atomic E-state index is 0.126. The van der Waals surface area contributed by atoms with Gasteiger partial charge in [-0.25, -0.2) is 0 Å². The Bertz CT molecular complexity index is 656. The van der Waals surface area contributed by atoms with Gasteiger partial charge >= 0.3 is 0 Å². The highest BCUT2D eigenvalue weighted by molar-refractivity contribution is 7.98. The van der Waals surface area contributed by atoms with E-state index in [0.717, 1.165) is 59.2 Å². The monoisotopic (exact) mass is 346 g/mol. The number of rotatable bonds is 8. The van der Waals surface area contributed by atoms with Crippen LogP contribution in [-0.4, -0.2) is 29.1 Å². The standard InChI is InChI=1S/C19H26N2O2S/c1-5-11-21(12-6-2)19(22)16-9-7-8-10-18(16)24-13-17-14(3)20-23-15(17)4/h7-10H,5-6,11-13H2,1-4H3. The fraction of sp³-hybridized carbons (Fsp3) is 0.474. The van der Waals surface area contributed by atoms with Crippen molar-refractivity contribution in [2.24, 2.45) is 0 Å². The molecule has 1 aromatic heterocycles. The zero-order valence-corrected chi connectivity index (χ0v) is 15.8. The molecule has 130 valence electrons. The van der Waals surface area contributed by atoms with Crippen molar-refractivity contribution in [3.8, 4) is 0 Å². The van der Waals surface area contributed by atoms with Crippen molar-refractivity contribution < 1.29 is 9.32 Å². The number of nitrogens with zero attached hydrogens (tertiary/aromatic N) is 2. The molecule has 0 saturated heterocycles. The van der Waals surface area contributed by atoms with Crippen LogP contribution in [0, 0.1) is 13.8 Å². The second kappa shape index (κ2) is 8.92. The Morgan fingerprint density at radius 1 is 1.17 bits per heavy atom. The third-order valence-electron chi connectivity index (χ3n) is 3.94. The van der Waals surface area contributed by atoms with E-state index in [-0.39, 0.29) is 5.91 Å². The van der Waals surface area contributed by atoms with Gasteiger partial charge in [-0.1, -0.05) is 31.1 Å². The Labute approximate surface area is 148 Å². The smallest absolute Gasteiger partial charge is 0.254 e. The Morgan fingerprint density at radius 2 is 1.83 bits per heavy atom. The van der Waals surface area contributed by atoms with Crippen molar-refractivity contribution >= 4 is 17.7 Å². The predicted octanol–water partition coefficient (Wildman–Crippen LogP) is 4.85. The van der Waals surface area contributed by atoms with Crippen LogP contribution in [0.15, 0.2) is 33.7 Å². The van der Waals surface area contributed by atoms with Crippen molar-refractivity contribution in [1.82, 2.24) is 10.1 Å². The van der Waals surface area contributed by atoms with Gasteiger partial charge in [0.2, 0.25) is 0 Å². The first-order chi connectivity index (χ1) is 11.6. The van der Waals surface area contributed by atoms with Gasteiger partial charge in [-0.3, -0.25) is 4.79 Å². The molecule has 0 aliphatic carbocycles. The van der Waals surface area contributed by atoms with Crippen molar-refractivity contribution in [3.05, 3.63) is 46.8 Å². The highest BCUT2D eigenvalue weighted by Crippen LogP contribution is 2.29. The number of aromatic nitrogens is 1. The molecule has 1 amide bonds. The Morgan fingerprint density at radius 3 is 2.42 bits per heavy atom. The van der Waals surface area contributed by atoms with Crippen LogP contribution in [0.2, 0.25) is 0 Å². The average molecular weight is 346 g/mol. The molecule has 0 radical (unpaired) electrons. The second-order valence-corrected chi connectivity index (χ2v) is 6.90. The molecule has 0 aliphatic rings. The van der Waals surface area contributed by atoms with E-state index in [4.69, 9.17) is 4.52 Å². The fourth-order valence-corrected chi connectivity index (χ4v) is 3.85. The Hall–Kier alpha value is -1.75. The minimum absolute atomic E-state index is 0.126. The van der Waals surface area contributed by atoms with E-state index in [0.29, 0.717) is 0 Å². The molecule has 1 heterocycles. The summed E-state index contributed by atoms with van der Waals surface area (Å²) in [5, 5.41) is 4.00. The first kappa shape index (κ1) is 18.6. The van der Waals surface area contributed by atoms with Gasteiger partial charge in [0.1, 0.15) is 5.76 Å². The van der Waals surface area contributed by atoms with Crippen molar-refractivity contribution in [1.29, 1.82) is 0 Å². The summed E-state index contributed by atoms with van der Waals surface area (Å²) in [7, 11) is 0. The normalized spacial score (nSPS) is 10.8. The molecular formula is C19H26N2O2S. The summed E-state index contributed by atoms with van der Waals surface area (Å²) in [6.07, 6.45) is 1.94. The summed E-state index contributed by atoms with van der Waals surface area (Å²) in [5.41, 5.74) is 2.82. The summed E-state index contributed by atoms with van der Waals surface area (Å²) in [4.78, 5) is 15.9. The predicted molar refractivity (Wildman–Crippen MR) is 98.5 cm³/mol. The summed E-state index contributed by atoms with van der Waals surface area (Å²) < 4.78 is 5.23. The number of carbonyl (C=O) groups is 1. The summed E-state index contributed by atoms with van der Waals surface area (Å²) in [6.45, 7) is 9.69. The zero-order valence-electron chi connectivity index (χ0n) is 15.0. The van der Waals surface area contributed by atoms with E-state index in [1.54, 1.807) is 11.8 Å². The number of carbonyl (C=O) groups excluding carboxylic acids is 1. The third-order valence-corrected chi connectivity index (χ3v) is 5.04. The van der Waals surface area contributed by atoms with Crippen LogP contribution in [0.1, 0.15) is 54.1 Å². The molecule has 4 nitrogen and oxygen atoms in total. The summed E-state index contributed by atoms with van der Waals surface area (Å²) >= 11 is 1.67.